The van der Waals surface area contributed by atoms with Gasteiger partial charge in [0, 0.05) is 46.8 Å². The summed E-state index contributed by atoms with van der Waals surface area (Å²) >= 11 is 0. The van der Waals surface area contributed by atoms with Crippen molar-refractivity contribution < 1.29 is 71.4 Å². The lowest BCUT2D eigenvalue weighted by atomic mass is 9.97. The van der Waals surface area contributed by atoms with E-state index < -0.39 is 191 Å². The first-order chi connectivity index (χ1) is 43.2. The molecule has 1 aromatic rings. The summed E-state index contributed by atoms with van der Waals surface area (Å²) in [6.45, 7) is 18.8. The molecule has 0 aromatic heterocycles. The smallest absolute Gasteiger partial charge is 0.329 e. The molecule has 6 N–H and O–H groups in total. The van der Waals surface area contributed by atoms with E-state index in [1.165, 1.54) is 85.6 Å². The van der Waals surface area contributed by atoms with Crippen molar-refractivity contribution in [3.63, 3.8) is 0 Å². The van der Waals surface area contributed by atoms with Gasteiger partial charge in [0.05, 0.1) is 29.9 Å². The van der Waals surface area contributed by atoms with Gasteiger partial charge in [-0.2, -0.15) is 0 Å². The van der Waals surface area contributed by atoms with E-state index in [0.717, 1.165) is 4.90 Å². The monoisotopic (exact) mass is 1280 g/mol. The second kappa shape index (κ2) is 28.8. The molecule has 2 unspecified atom stereocenters. The third-order valence-corrected chi connectivity index (χ3v) is 18.6. The number of esters is 2. The molecule has 1 aliphatic carbocycles. The van der Waals surface area contributed by atoms with Crippen LogP contribution in [0.3, 0.4) is 0 Å². The van der Waals surface area contributed by atoms with Gasteiger partial charge in [0.1, 0.15) is 71.8 Å². The summed E-state index contributed by atoms with van der Waals surface area (Å²) < 4.78 is 18.5. The number of hydrogen-bond acceptors (Lipinski definition) is 18. The highest BCUT2D eigenvalue weighted by Crippen LogP contribution is 2.35. The zero-order chi connectivity index (χ0) is 68.4. The molecule has 4 saturated heterocycles. The van der Waals surface area contributed by atoms with Gasteiger partial charge in [-0.05, 0) is 88.7 Å². The minimum atomic E-state index is -1.88. The van der Waals surface area contributed by atoms with Crippen LogP contribution in [0, 0.1) is 37.5 Å². The molecule has 10 amide bonds. The Hall–Kier alpha value is -8.72. The summed E-state index contributed by atoms with van der Waals surface area (Å²) in [5, 5.41) is 10.7. The van der Waals surface area contributed by atoms with Crippen LogP contribution in [0.5, 0.6) is 0 Å². The number of carbonyl (C=O) groups is 12. The zero-order valence-corrected chi connectivity index (χ0v) is 55.5. The van der Waals surface area contributed by atoms with Crippen LogP contribution in [0.25, 0.3) is 22.6 Å². The second-order valence-corrected chi connectivity index (χ2v) is 25.8. The molecule has 5 heterocycles. The Kier molecular flexibility index (Phi) is 22.2. The van der Waals surface area contributed by atoms with Gasteiger partial charge in [-0.15, -0.1) is 0 Å². The fourth-order valence-corrected chi connectivity index (χ4v) is 12.5. The molecule has 502 valence electrons. The van der Waals surface area contributed by atoms with Crippen LogP contribution in [-0.2, 0) is 57.4 Å². The minimum absolute atomic E-state index is 0.0737. The number of aryl methyl sites for hydroxylation is 1. The number of likely N-dealkylation sites (N-methyl/N-ethyl adjacent to an activating group) is 4. The largest absolute Gasteiger partial charge is 0.458 e. The van der Waals surface area contributed by atoms with Crippen LogP contribution in [-0.4, -0.2) is 220 Å². The van der Waals surface area contributed by atoms with Gasteiger partial charge >= 0.3 is 11.9 Å². The molecular formula is C64H90N12O16. The molecule has 0 radical (unpaired) electrons. The van der Waals surface area contributed by atoms with E-state index in [-0.39, 0.29) is 53.9 Å². The number of nitrogens with zero attached hydrogens (tertiary/aromatic N) is 7. The Morgan fingerprint density at radius 3 is 1.48 bits per heavy atom. The van der Waals surface area contributed by atoms with Gasteiger partial charge in [0.2, 0.25) is 52.7 Å². The average Bonchev–Trinajstić information content (AvgIpc) is 0.911. The van der Waals surface area contributed by atoms with Crippen molar-refractivity contribution in [2.75, 3.05) is 60.1 Å². The quantitative estimate of drug-likeness (QED) is 0.109. The Morgan fingerprint density at radius 2 is 1.07 bits per heavy atom. The lowest BCUT2D eigenvalue weighted by Crippen LogP contribution is -2.61. The first-order valence-corrected chi connectivity index (χ1v) is 31.6. The summed E-state index contributed by atoms with van der Waals surface area (Å²) in [4.78, 5) is 200. The standard InChI is InChI=1S/C64H90N12O16/c1-17-31(7)50-63(88)90-35(11)46(57(82)67-44(29(3)4)61(86)75-25-19-21-38(75)59(84)71(13)27-40(77)73(50)15)69-55(80)37-24-23-33(9)53-48(37)66-49-42(43(65)52(79)34(10)54(49)92-53)56(81)70-47-36(12)91-64(89)51(32(8)18-2)74(16)41(78)28-72(14)60(85)39-22-20-26-76(39)62(87)45(30(5)6)68-58(47)83/h23-24,29-32,35-36,38-39,44-47,50-51H,17-22,25-28,65H2,1-16H3,(H,67,82)(H,68,83)(H,69,80)(H,70,81)/t31?,32?,35-,36-,38+,39+,44-,45-,46+,47+,50+,51+/m1/s1. The molecule has 0 spiro atoms. The summed E-state index contributed by atoms with van der Waals surface area (Å²) in [7, 11) is 5.64. The number of aromatic nitrogens is 1. The first-order valence-electron chi connectivity index (χ1n) is 31.6. The molecule has 12 atom stereocenters. The molecule has 6 aliphatic rings. The summed E-state index contributed by atoms with van der Waals surface area (Å²) in [5.41, 5.74) is 3.62. The van der Waals surface area contributed by atoms with Crippen molar-refractivity contribution in [1.82, 2.24) is 55.7 Å². The number of nitrogens with two attached hydrogens (primary N) is 1. The molecule has 7 rings (SSSR count). The number of fused-ring (bicyclic) bond motifs is 4. The van der Waals surface area contributed by atoms with E-state index in [1.807, 2.05) is 0 Å². The second-order valence-electron chi connectivity index (χ2n) is 25.8. The maximum Gasteiger partial charge on any atom is 0.329 e. The predicted octanol–water partition coefficient (Wildman–Crippen LogP) is 1.51. The summed E-state index contributed by atoms with van der Waals surface area (Å²) in [6, 6.07) is -7.87. The molecular weight excluding hydrogens is 1190 g/mol. The van der Waals surface area contributed by atoms with Crippen molar-refractivity contribution in [3.05, 3.63) is 44.6 Å². The molecule has 0 bridgehead atoms. The maximum absolute atomic E-state index is 15.2. The normalized spacial score (nSPS) is 26.5. The van der Waals surface area contributed by atoms with Crippen LogP contribution in [0.2, 0.25) is 0 Å². The van der Waals surface area contributed by atoms with E-state index in [1.54, 1.807) is 62.3 Å². The number of nitrogens with one attached hydrogen (secondary N) is 4. The third kappa shape index (κ3) is 14.2. The molecule has 5 aliphatic heterocycles. The van der Waals surface area contributed by atoms with Gasteiger partial charge in [-0.25, -0.2) is 14.6 Å². The van der Waals surface area contributed by atoms with Crippen LogP contribution >= 0.6 is 0 Å². The maximum atomic E-state index is 15.2. The van der Waals surface area contributed by atoms with Crippen LogP contribution in [0.15, 0.2) is 21.3 Å². The number of anilines is 1. The van der Waals surface area contributed by atoms with Crippen molar-refractivity contribution in [3.8, 4) is 11.5 Å². The molecule has 92 heavy (non-hydrogen) atoms. The summed E-state index contributed by atoms with van der Waals surface area (Å²) in [5.74, 6) is -12.2. The fraction of sp³-hybridized carbons (Fsp3) is 0.625. The number of amides is 10. The average molecular weight is 1280 g/mol. The number of nitrogen functional groups attached to an aromatic ring is 1. The van der Waals surface area contributed by atoms with Gasteiger partial charge < -0.3 is 70.3 Å². The Balaban J connectivity index is 1.33. The highest BCUT2D eigenvalue weighted by Gasteiger charge is 2.47. The first kappa shape index (κ1) is 70.7. The number of hydrogen-bond donors (Lipinski definition) is 5. The topological polar surface area (TPSA) is 360 Å². The van der Waals surface area contributed by atoms with Crippen LogP contribution < -0.4 is 32.4 Å². The van der Waals surface area contributed by atoms with Gasteiger partial charge in [-0.1, -0.05) is 74.3 Å². The van der Waals surface area contributed by atoms with Crippen LogP contribution in [0.1, 0.15) is 140 Å². The van der Waals surface area contributed by atoms with E-state index in [2.05, 4.69) is 21.3 Å². The fourth-order valence-electron chi connectivity index (χ4n) is 12.5. The Labute approximate surface area is 535 Å². The lowest BCUT2D eigenvalue weighted by Gasteiger charge is -2.36. The SMILES string of the molecule is CCC(C)[C@H]1C(=O)O[C@H](C)[C@H](NC(=O)c2c3nc4c(C(=O)N[C@@H]5C(=O)N[C@H](C(C)C)C(=O)N6CCC[C@H]6C(=O)N(C)CC(=O)N(C)[C@@H](C(C)CC)C(=O)O[C@@H]5C)ccc(C)c4oc-3c(C)c(=O)c2N)C(=O)N[C@H](C(C)C)C(=O)N2CCC[C@H]2C(=O)N(C)CC(=O)N1C. The summed E-state index contributed by atoms with van der Waals surface area (Å²) in [6.07, 6.45) is -0.882. The van der Waals surface area contributed by atoms with Crippen molar-refractivity contribution >= 4 is 87.8 Å². The molecule has 28 heteroatoms. The number of ether oxygens (including phenoxy) is 2. The number of rotatable bonds is 10. The Morgan fingerprint density at radius 1 is 0.641 bits per heavy atom. The molecule has 4 fully saturated rings. The highest BCUT2D eigenvalue weighted by molar-refractivity contribution is 6.10. The number of carbonyl (C=O) groups excluding carboxylic acids is 12. The highest BCUT2D eigenvalue weighted by atomic mass is 16.6. The lowest BCUT2D eigenvalue weighted by molar-refractivity contribution is -0.163. The van der Waals surface area contributed by atoms with Crippen molar-refractivity contribution in [2.45, 2.75) is 182 Å². The minimum Gasteiger partial charge on any atom is -0.458 e. The third-order valence-electron chi connectivity index (χ3n) is 18.6. The van der Waals surface area contributed by atoms with E-state index in [9.17, 15) is 52.7 Å². The predicted molar refractivity (Wildman–Crippen MR) is 335 cm³/mol. The van der Waals surface area contributed by atoms with E-state index >= 15 is 9.59 Å². The van der Waals surface area contributed by atoms with E-state index in [0.29, 0.717) is 31.2 Å². The van der Waals surface area contributed by atoms with Gasteiger partial charge in [-0.3, -0.25) is 52.7 Å². The zero-order valence-electron chi connectivity index (χ0n) is 55.5. The molecule has 28 nitrogen and oxygen atoms in total. The number of cyclic esters (lactones) is 2. The molecule has 0 saturated carbocycles. The van der Waals surface area contributed by atoms with Crippen molar-refractivity contribution in [2.24, 2.45) is 23.7 Å². The van der Waals surface area contributed by atoms with Gasteiger partial charge in [0.25, 0.3) is 11.8 Å². The number of benzene rings is 2. The van der Waals surface area contributed by atoms with Crippen LogP contribution in [0.4, 0.5) is 5.69 Å². The Bertz CT molecular complexity index is 3460. The van der Waals surface area contributed by atoms with Gasteiger partial charge in [0.15, 0.2) is 11.3 Å². The van der Waals surface area contributed by atoms with E-state index in [4.69, 9.17) is 24.6 Å². The van der Waals surface area contributed by atoms with Crippen molar-refractivity contribution in [1.29, 1.82) is 0 Å². The molecule has 1 aromatic carbocycles.